The van der Waals surface area contributed by atoms with Crippen LogP contribution in [0.4, 0.5) is 10.1 Å². The number of carbonyl (C=O) groups is 1. The van der Waals surface area contributed by atoms with Gasteiger partial charge in [-0.3, -0.25) is 9.10 Å². The monoisotopic (exact) mass is 422 g/mol. The molecular weight excluding hydrogens is 395 g/mol. The normalized spacial score (nSPS) is 13.4. The van der Waals surface area contributed by atoms with Crippen LogP contribution in [0.5, 0.6) is 5.75 Å². The lowest BCUT2D eigenvalue weighted by molar-refractivity contribution is -0.122. The van der Waals surface area contributed by atoms with Crippen molar-refractivity contribution in [1.82, 2.24) is 5.32 Å². The lowest BCUT2D eigenvalue weighted by atomic mass is 10.1. The zero-order valence-electron chi connectivity index (χ0n) is 17.1. The molecule has 0 fully saturated rings. The molecule has 2 aromatic carbocycles. The van der Waals surface area contributed by atoms with E-state index in [1.54, 1.807) is 50.2 Å². The fraction of sp³-hybridized carbons (Fsp3) is 0.381. The van der Waals surface area contributed by atoms with Crippen molar-refractivity contribution < 1.29 is 22.3 Å². The number of sulfonamides is 1. The minimum absolute atomic E-state index is 0.280. The zero-order valence-corrected chi connectivity index (χ0v) is 17.9. The number of halogens is 1. The molecule has 1 amide bonds. The van der Waals surface area contributed by atoms with Gasteiger partial charge < -0.3 is 10.1 Å². The molecule has 0 radical (unpaired) electrons. The lowest BCUT2D eigenvalue weighted by Crippen LogP contribution is -2.49. The summed E-state index contributed by atoms with van der Waals surface area (Å²) in [6, 6.07) is 11.0. The molecule has 158 valence electrons. The van der Waals surface area contributed by atoms with Gasteiger partial charge in [0.1, 0.15) is 17.6 Å². The van der Waals surface area contributed by atoms with Gasteiger partial charge in [0.2, 0.25) is 15.9 Å². The van der Waals surface area contributed by atoms with E-state index in [9.17, 15) is 17.6 Å². The van der Waals surface area contributed by atoms with Gasteiger partial charge in [0, 0.05) is 0 Å². The molecule has 29 heavy (non-hydrogen) atoms. The number of carbonyl (C=O) groups excluding carboxylic acids is 1. The topological polar surface area (TPSA) is 75.7 Å². The molecule has 0 unspecified atom stereocenters. The van der Waals surface area contributed by atoms with Crippen LogP contribution < -0.4 is 14.4 Å². The predicted octanol–water partition coefficient (Wildman–Crippen LogP) is 3.65. The molecule has 0 aliphatic rings. The fourth-order valence-corrected chi connectivity index (χ4v) is 4.27. The molecule has 2 aromatic rings. The molecule has 0 aromatic heterocycles. The highest BCUT2D eigenvalue weighted by Gasteiger charge is 2.32. The van der Waals surface area contributed by atoms with Crippen LogP contribution in [0.1, 0.15) is 38.8 Å². The first-order valence-electron chi connectivity index (χ1n) is 9.45. The first-order chi connectivity index (χ1) is 13.7. The number of benzene rings is 2. The Balaban J connectivity index is 2.27. The third-order valence-electron chi connectivity index (χ3n) is 4.46. The summed E-state index contributed by atoms with van der Waals surface area (Å²) in [4.78, 5) is 12.9. The summed E-state index contributed by atoms with van der Waals surface area (Å²) in [6.07, 6.45) is 1.35. The van der Waals surface area contributed by atoms with Crippen LogP contribution in [0.25, 0.3) is 0 Å². The molecule has 2 atom stereocenters. The van der Waals surface area contributed by atoms with Crippen LogP contribution in [0, 0.1) is 5.82 Å². The largest absolute Gasteiger partial charge is 0.494 e. The van der Waals surface area contributed by atoms with Crippen LogP contribution >= 0.6 is 0 Å². The van der Waals surface area contributed by atoms with E-state index in [0.717, 1.165) is 16.1 Å². The van der Waals surface area contributed by atoms with Crippen LogP contribution in [0.15, 0.2) is 48.5 Å². The van der Waals surface area contributed by atoms with E-state index in [4.69, 9.17) is 4.74 Å². The zero-order chi connectivity index (χ0) is 21.6. The minimum Gasteiger partial charge on any atom is -0.494 e. The number of anilines is 1. The molecule has 0 saturated carbocycles. The summed E-state index contributed by atoms with van der Waals surface area (Å²) in [6.45, 7) is 5.87. The van der Waals surface area contributed by atoms with Gasteiger partial charge in [0.25, 0.3) is 0 Å². The van der Waals surface area contributed by atoms with Crippen molar-refractivity contribution in [2.75, 3.05) is 17.2 Å². The van der Waals surface area contributed by atoms with Crippen molar-refractivity contribution in [3.05, 3.63) is 59.9 Å². The van der Waals surface area contributed by atoms with Gasteiger partial charge in [0.15, 0.2) is 0 Å². The molecule has 0 aliphatic carbocycles. The second-order valence-corrected chi connectivity index (χ2v) is 8.55. The second kappa shape index (κ2) is 9.73. The van der Waals surface area contributed by atoms with Gasteiger partial charge in [-0.1, -0.05) is 19.1 Å². The predicted molar refractivity (Wildman–Crippen MR) is 112 cm³/mol. The Labute approximate surface area is 171 Å². The Hall–Kier alpha value is -2.61. The van der Waals surface area contributed by atoms with E-state index in [1.807, 2.05) is 6.92 Å². The first-order valence-corrected chi connectivity index (χ1v) is 11.3. The summed E-state index contributed by atoms with van der Waals surface area (Å²) < 4.78 is 44.7. The molecule has 2 rings (SSSR count). The van der Waals surface area contributed by atoms with Crippen molar-refractivity contribution in [2.24, 2.45) is 0 Å². The number of hydrogen-bond acceptors (Lipinski definition) is 4. The van der Waals surface area contributed by atoms with Crippen LogP contribution in [-0.4, -0.2) is 33.2 Å². The number of hydrogen-bond donors (Lipinski definition) is 1. The van der Waals surface area contributed by atoms with E-state index >= 15 is 0 Å². The fourth-order valence-electron chi connectivity index (χ4n) is 3.06. The second-order valence-electron chi connectivity index (χ2n) is 6.69. The van der Waals surface area contributed by atoms with E-state index in [0.29, 0.717) is 18.0 Å². The van der Waals surface area contributed by atoms with Crippen molar-refractivity contribution >= 4 is 21.6 Å². The summed E-state index contributed by atoms with van der Waals surface area (Å²) in [5.41, 5.74) is 1.11. The van der Waals surface area contributed by atoms with Gasteiger partial charge in [-0.2, -0.15) is 0 Å². The Kier molecular flexibility index (Phi) is 7.61. The van der Waals surface area contributed by atoms with E-state index in [2.05, 4.69) is 5.32 Å². The standard InChI is InChI=1S/C21H27FN2O4S/c1-5-20(21(25)23-15(3)16-7-9-17(22)10-8-16)24(29(4,26)27)18-11-13-19(14-12-18)28-6-2/h7-15,20H,5-6H2,1-4H3,(H,23,25)/t15-,20+/m0/s1. The molecule has 0 heterocycles. The highest BCUT2D eigenvalue weighted by atomic mass is 32.2. The van der Waals surface area contributed by atoms with E-state index in [-0.39, 0.29) is 12.2 Å². The maximum absolute atomic E-state index is 13.1. The molecule has 0 saturated heterocycles. The quantitative estimate of drug-likeness (QED) is 0.669. The SMILES string of the molecule is CCOc1ccc(N([C@H](CC)C(=O)N[C@@H](C)c2ccc(F)cc2)S(C)(=O)=O)cc1. The van der Waals surface area contributed by atoms with E-state index in [1.165, 1.54) is 12.1 Å². The highest BCUT2D eigenvalue weighted by molar-refractivity contribution is 7.92. The maximum atomic E-state index is 13.1. The molecule has 8 heteroatoms. The third kappa shape index (κ3) is 5.93. The first kappa shape index (κ1) is 22.7. The molecule has 6 nitrogen and oxygen atoms in total. The molecule has 0 bridgehead atoms. The lowest BCUT2D eigenvalue weighted by Gasteiger charge is -2.31. The maximum Gasteiger partial charge on any atom is 0.244 e. The molecular formula is C21H27FN2O4S. The summed E-state index contributed by atoms with van der Waals surface area (Å²) in [5, 5.41) is 2.83. The Morgan fingerprint density at radius 2 is 1.69 bits per heavy atom. The summed E-state index contributed by atoms with van der Waals surface area (Å²) in [5.74, 6) is -0.173. The van der Waals surface area contributed by atoms with Crippen LogP contribution in [0.2, 0.25) is 0 Å². The van der Waals surface area contributed by atoms with Crippen molar-refractivity contribution in [2.45, 2.75) is 39.3 Å². The van der Waals surface area contributed by atoms with Gasteiger partial charge in [0.05, 0.1) is 24.6 Å². The van der Waals surface area contributed by atoms with Gasteiger partial charge in [-0.25, -0.2) is 12.8 Å². The summed E-state index contributed by atoms with van der Waals surface area (Å²) >= 11 is 0. The van der Waals surface area contributed by atoms with E-state index < -0.39 is 28.0 Å². The van der Waals surface area contributed by atoms with Crippen LogP contribution in [0.3, 0.4) is 0 Å². The number of ether oxygens (including phenoxy) is 1. The van der Waals surface area contributed by atoms with Crippen molar-refractivity contribution in [3.8, 4) is 5.75 Å². The third-order valence-corrected chi connectivity index (χ3v) is 5.64. The average Bonchev–Trinajstić information content (AvgIpc) is 2.66. The number of nitrogens with one attached hydrogen (secondary N) is 1. The number of amides is 1. The Bertz CT molecular complexity index is 915. The number of rotatable bonds is 9. The van der Waals surface area contributed by atoms with Crippen molar-refractivity contribution in [3.63, 3.8) is 0 Å². The molecule has 1 N–H and O–H groups in total. The summed E-state index contributed by atoms with van der Waals surface area (Å²) in [7, 11) is -3.72. The smallest absolute Gasteiger partial charge is 0.244 e. The number of nitrogens with zero attached hydrogens (tertiary/aromatic N) is 1. The Morgan fingerprint density at radius 3 is 2.17 bits per heavy atom. The van der Waals surface area contributed by atoms with Gasteiger partial charge in [-0.15, -0.1) is 0 Å². The molecule has 0 spiro atoms. The van der Waals surface area contributed by atoms with Crippen molar-refractivity contribution in [1.29, 1.82) is 0 Å². The van der Waals surface area contributed by atoms with Gasteiger partial charge in [-0.05, 0) is 62.2 Å². The highest BCUT2D eigenvalue weighted by Crippen LogP contribution is 2.26. The molecule has 0 aliphatic heterocycles. The average molecular weight is 423 g/mol. The van der Waals surface area contributed by atoms with Gasteiger partial charge >= 0.3 is 0 Å². The minimum atomic E-state index is -3.72. The Morgan fingerprint density at radius 1 is 1.10 bits per heavy atom. The van der Waals surface area contributed by atoms with Crippen LogP contribution in [-0.2, 0) is 14.8 Å².